The van der Waals surface area contributed by atoms with Gasteiger partial charge in [-0.2, -0.15) is 0 Å². The molecule has 1 aromatic rings. The molecule has 1 saturated carbocycles. The van der Waals surface area contributed by atoms with Crippen molar-refractivity contribution in [1.29, 1.82) is 0 Å². The lowest BCUT2D eigenvalue weighted by atomic mass is 9.67. The summed E-state index contributed by atoms with van der Waals surface area (Å²) in [5.74, 6) is -0.840. The van der Waals surface area contributed by atoms with Gasteiger partial charge in [-0.25, -0.2) is 4.79 Å². The molecule has 2 N–H and O–H groups in total. The molecule has 3 aliphatic heterocycles. The van der Waals surface area contributed by atoms with Crippen molar-refractivity contribution in [1.82, 2.24) is 10.6 Å². The summed E-state index contributed by atoms with van der Waals surface area (Å²) in [4.78, 5) is 51.7. The number of nitrogens with zero attached hydrogens (tertiary/aromatic N) is 1. The van der Waals surface area contributed by atoms with Crippen LogP contribution in [-0.4, -0.2) is 72.7 Å². The molecule has 1 spiro atoms. The topological polar surface area (TPSA) is 130 Å². The lowest BCUT2D eigenvalue weighted by Crippen LogP contribution is -2.60. The molecule has 5 rings (SSSR count). The Morgan fingerprint density at radius 3 is 2.46 bits per heavy atom. The van der Waals surface area contributed by atoms with Gasteiger partial charge in [0, 0.05) is 30.8 Å². The molecule has 5 amide bonds. The van der Waals surface area contributed by atoms with E-state index in [-0.39, 0.29) is 47.3 Å². The van der Waals surface area contributed by atoms with Crippen molar-refractivity contribution in [3.05, 3.63) is 35.9 Å². The number of benzene rings is 1. The molecule has 222 valence electrons. The number of carbonyl (C=O) groups is 4. The number of methoxy groups -OCH3 is 1. The molecule has 1 unspecified atom stereocenters. The Morgan fingerprint density at radius 1 is 1.17 bits per heavy atom. The zero-order valence-electron chi connectivity index (χ0n) is 24.1. The Kier molecular flexibility index (Phi) is 8.61. The lowest BCUT2D eigenvalue weighted by Gasteiger charge is -2.43. The number of epoxide rings is 2. The molecule has 1 aliphatic carbocycles. The highest BCUT2D eigenvalue weighted by Gasteiger charge is 2.71. The van der Waals surface area contributed by atoms with Gasteiger partial charge in [0.15, 0.2) is 0 Å². The minimum atomic E-state index is -0.561. The fraction of sp³-hybridized carbons (Fsp3) is 0.600. The van der Waals surface area contributed by atoms with Gasteiger partial charge < -0.3 is 19.5 Å². The first-order valence-corrected chi connectivity index (χ1v) is 15.2. The maximum absolute atomic E-state index is 12.8. The van der Waals surface area contributed by atoms with Crippen LogP contribution in [0.1, 0.15) is 59.3 Å². The number of hydrogen-bond donors (Lipinski definition) is 2. The average Bonchev–Trinajstić information content (AvgIpc) is 3.84. The predicted molar refractivity (Wildman–Crippen MR) is 154 cm³/mol. The summed E-state index contributed by atoms with van der Waals surface area (Å²) < 4.78 is 18.1. The molecule has 4 aliphatic rings. The Labute approximate surface area is 244 Å². The molecular formula is C30H39N3O7S. The highest BCUT2D eigenvalue weighted by atomic mass is 32.2. The van der Waals surface area contributed by atoms with Crippen LogP contribution >= 0.6 is 11.8 Å². The molecule has 41 heavy (non-hydrogen) atoms. The molecule has 3 heterocycles. The van der Waals surface area contributed by atoms with Crippen LogP contribution in [0.3, 0.4) is 0 Å². The van der Waals surface area contributed by atoms with E-state index < -0.39 is 17.5 Å². The SMILES string of the molecule is CO[C@H]1[C@H](C2(C)O[C@@H]2CC=C(C)C)[C@]2(CC[C@H]1NC(=O)NC(=O)CSc1ccc(N3C(=O)CCCC3=O)cc1)CO2. The van der Waals surface area contributed by atoms with E-state index in [1.165, 1.54) is 22.2 Å². The first-order chi connectivity index (χ1) is 19.6. The third-order valence-electron chi connectivity index (χ3n) is 8.61. The second-order valence-corrected chi connectivity index (χ2v) is 12.8. The fourth-order valence-corrected chi connectivity index (χ4v) is 7.09. The molecule has 11 heteroatoms. The van der Waals surface area contributed by atoms with Gasteiger partial charge in [0.25, 0.3) is 0 Å². The molecule has 0 bridgehead atoms. The number of imide groups is 2. The average molecular weight is 586 g/mol. The van der Waals surface area contributed by atoms with Crippen molar-refractivity contribution >= 4 is 41.2 Å². The number of allylic oxidation sites excluding steroid dienone is 1. The molecule has 4 fully saturated rings. The standard InChI is InChI=1S/C30H39N3O7S/c1-18(2)8-13-22-29(3,40-22)27-26(38-4)21(14-15-30(27)17-39-30)31-28(37)32-23(34)16-41-20-11-9-19(10-12-20)33-24(35)6-5-7-25(33)36/h8-12,21-22,26-27H,5-7,13-17H2,1-4H3,(H2,31,32,34,37)/t21-,22-,26-,27-,29?,30+/m1/s1. The third kappa shape index (κ3) is 6.38. The van der Waals surface area contributed by atoms with Gasteiger partial charge in [-0.1, -0.05) is 11.6 Å². The summed E-state index contributed by atoms with van der Waals surface area (Å²) in [6.07, 6.45) is 5.51. The second kappa shape index (κ2) is 11.9. The molecule has 6 atom stereocenters. The van der Waals surface area contributed by atoms with Crippen molar-refractivity contribution in [3.8, 4) is 0 Å². The number of piperidine rings is 1. The maximum Gasteiger partial charge on any atom is 0.321 e. The number of thioether (sulfide) groups is 1. The highest BCUT2D eigenvalue weighted by molar-refractivity contribution is 8.00. The molecule has 0 aromatic heterocycles. The Bertz CT molecular complexity index is 1210. The van der Waals surface area contributed by atoms with Gasteiger partial charge in [0.2, 0.25) is 17.7 Å². The van der Waals surface area contributed by atoms with E-state index in [1.807, 2.05) is 0 Å². The van der Waals surface area contributed by atoms with E-state index in [9.17, 15) is 19.2 Å². The maximum atomic E-state index is 12.8. The van der Waals surface area contributed by atoms with Crippen LogP contribution in [0.2, 0.25) is 0 Å². The molecular weight excluding hydrogens is 546 g/mol. The quantitative estimate of drug-likeness (QED) is 0.194. The van der Waals surface area contributed by atoms with Gasteiger partial charge in [-0.3, -0.25) is 24.6 Å². The van der Waals surface area contributed by atoms with Crippen LogP contribution in [0.25, 0.3) is 0 Å². The van der Waals surface area contributed by atoms with E-state index in [0.717, 1.165) is 17.7 Å². The molecule has 0 radical (unpaired) electrons. The van der Waals surface area contributed by atoms with Crippen LogP contribution in [0, 0.1) is 5.92 Å². The van der Waals surface area contributed by atoms with Crippen LogP contribution in [0.15, 0.2) is 40.8 Å². The molecule has 1 aromatic carbocycles. The van der Waals surface area contributed by atoms with Gasteiger partial charge in [-0.15, -0.1) is 11.8 Å². The van der Waals surface area contributed by atoms with Crippen LogP contribution < -0.4 is 15.5 Å². The van der Waals surface area contributed by atoms with E-state index in [1.54, 1.807) is 31.4 Å². The number of carbonyl (C=O) groups excluding carboxylic acids is 4. The highest BCUT2D eigenvalue weighted by Crippen LogP contribution is 2.59. The van der Waals surface area contributed by atoms with Gasteiger partial charge >= 0.3 is 6.03 Å². The predicted octanol–water partition coefficient (Wildman–Crippen LogP) is 3.72. The summed E-state index contributed by atoms with van der Waals surface area (Å²) in [7, 11) is 1.65. The number of hydrogen-bond acceptors (Lipinski definition) is 8. The summed E-state index contributed by atoms with van der Waals surface area (Å²) in [6.45, 7) is 6.90. The minimum Gasteiger partial charge on any atom is -0.379 e. The summed E-state index contributed by atoms with van der Waals surface area (Å²) in [5, 5.41) is 5.39. The van der Waals surface area contributed by atoms with Gasteiger partial charge in [0.1, 0.15) is 5.60 Å². The van der Waals surface area contributed by atoms with Crippen molar-refractivity contribution < 1.29 is 33.4 Å². The number of urea groups is 1. The van der Waals surface area contributed by atoms with Crippen LogP contribution in [-0.2, 0) is 28.6 Å². The summed E-state index contributed by atoms with van der Waals surface area (Å²) in [6, 6.07) is 6.06. The van der Waals surface area contributed by atoms with Crippen LogP contribution in [0.4, 0.5) is 10.5 Å². The van der Waals surface area contributed by atoms with Gasteiger partial charge in [0.05, 0.1) is 41.9 Å². The van der Waals surface area contributed by atoms with E-state index >= 15 is 0 Å². The Hall–Kier alpha value is -2.73. The monoisotopic (exact) mass is 585 g/mol. The zero-order valence-corrected chi connectivity index (χ0v) is 24.9. The molecule has 3 saturated heterocycles. The van der Waals surface area contributed by atoms with Crippen molar-refractivity contribution in [3.63, 3.8) is 0 Å². The Balaban J connectivity index is 1.13. The largest absolute Gasteiger partial charge is 0.379 e. The Morgan fingerprint density at radius 2 is 1.85 bits per heavy atom. The first kappa shape index (κ1) is 29.8. The third-order valence-corrected chi connectivity index (χ3v) is 9.62. The second-order valence-electron chi connectivity index (χ2n) is 11.8. The van der Waals surface area contributed by atoms with Gasteiger partial charge in [-0.05, 0) is 70.7 Å². The minimum absolute atomic E-state index is 0.0320. The van der Waals surface area contributed by atoms with Crippen molar-refractivity contribution in [2.45, 2.75) is 93.6 Å². The number of ether oxygens (including phenoxy) is 3. The summed E-state index contributed by atoms with van der Waals surface area (Å²) in [5.41, 5.74) is 1.07. The van der Waals surface area contributed by atoms with Crippen LogP contribution in [0.5, 0.6) is 0 Å². The number of anilines is 1. The van der Waals surface area contributed by atoms with Crippen molar-refractivity contribution in [2.24, 2.45) is 5.92 Å². The first-order valence-electron chi connectivity index (χ1n) is 14.2. The number of nitrogens with one attached hydrogen (secondary N) is 2. The van der Waals surface area contributed by atoms with E-state index in [4.69, 9.17) is 14.2 Å². The lowest BCUT2D eigenvalue weighted by molar-refractivity contribution is -0.129. The summed E-state index contributed by atoms with van der Waals surface area (Å²) >= 11 is 1.26. The van der Waals surface area contributed by atoms with Crippen molar-refractivity contribution in [2.75, 3.05) is 24.4 Å². The zero-order chi connectivity index (χ0) is 29.4. The number of rotatable bonds is 9. The van der Waals surface area contributed by atoms with E-state index in [2.05, 4.69) is 37.5 Å². The van der Waals surface area contributed by atoms with E-state index in [0.29, 0.717) is 38.0 Å². The smallest absolute Gasteiger partial charge is 0.321 e. The normalized spacial score (nSPS) is 32.4. The molecule has 10 nitrogen and oxygen atoms in total. The fourth-order valence-electron chi connectivity index (χ4n) is 6.39. The number of amides is 5.